The summed E-state index contributed by atoms with van der Waals surface area (Å²) in [6, 6.07) is 0. The maximum atomic E-state index is 12.3. The molecule has 25 heavy (non-hydrogen) atoms. The molecule has 150 valence electrons. The molecule has 0 heterocycles. The number of esters is 1. The first kappa shape index (κ1) is 24.6. The second-order valence-electron chi connectivity index (χ2n) is 6.26. The van der Waals surface area contributed by atoms with Crippen molar-refractivity contribution in [3.8, 4) is 0 Å². The quantitative estimate of drug-likeness (QED) is 0.164. The summed E-state index contributed by atoms with van der Waals surface area (Å²) in [6.07, 6.45) is 12.5. The van der Waals surface area contributed by atoms with Crippen LogP contribution in [0.2, 0.25) is 0 Å². The van der Waals surface area contributed by atoms with Crippen LogP contribution in [0.5, 0.6) is 0 Å². The molecule has 0 amide bonds. The summed E-state index contributed by atoms with van der Waals surface area (Å²) < 4.78 is 27.8. The van der Waals surface area contributed by atoms with Gasteiger partial charge in [0.1, 0.15) is 0 Å². The van der Waals surface area contributed by atoms with Crippen LogP contribution < -0.4 is 0 Å². The topological polar surface area (TPSA) is 61.8 Å². The van der Waals surface area contributed by atoms with E-state index in [1.165, 1.54) is 38.5 Å². The molecule has 0 spiro atoms. The predicted octanol–water partition coefficient (Wildman–Crippen LogP) is 6.11. The SMILES string of the molecule is CCOC(=O)CCCCCCCCCCCCP(=O)(OCC)OCC. The van der Waals surface area contributed by atoms with E-state index in [4.69, 9.17) is 13.8 Å². The van der Waals surface area contributed by atoms with Crippen molar-refractivity contribution in [1.82, 2.24) is 0 Å². The van der Waals surface area contributed by atoms with Gasteiger partial charge in [-0.15, -0.1) is 0 Å². The first-order valence-corrected chi connectivity index (χ1v) is 11.8. The molecule has 0 unspecified atom stereocenters. The van der Waals surface area contributed by atoms with Crippen molar-refractivity contribution < 1.29 is 23.1 Å². The van der Waals surface area contributed by atoms with E-state index in [0.717, 1.165) is 25.7 Å². The fraction of sp³-hybridized carbons (Fsp3) is 0.947. The average Bonchev–Trinajstić information content (AvgIpc) is 2.56. The summed E-state index contributed by atoms with van der Waals surface area (Å²) in [5.41, 5.74) is 0. The molecule has 0 radical (unpaired) electrons. The molecule has 0 aliphatic heterocycles. The molecule has 0 saturated heterocycles. The molecular formula is C19H39O5P. The van der Waals surface area contributed by atoms with Gasteiger partial charge < -0.3 is 13.8 Å². The fourth-order valence-electron chi connectivity index (χ4n) is 2.78. The lowest BCUT2D eigenvalue weighted by atomic mass is 10.1. The van der Waals surface area contributed by atoms with Crippen molar-refractivity contribution in [2.24, 2.45) is 0 Å². The second kappa shape index (κ2) is 17.1. The maximum absolute atomic E-state index is 12.3. The number of rotatable bonds is 18. The third-order valence-corrected chi connectivity index (χ3v) is 6.19. The van der Waals surface area contributed by atoms with Gasteiger partial charge in [-0.2, -0.15) is 0 Å². The van der Waals surface area contributed by atoms with Crippen LogP contribution >= 0.6 is 7.60 Å². The van der Waals surface area contributed by atoms with E-state index in [1.54, 1.807) is 0 Å². The molecule has 0 bridgehead atoms. The van der Waals surface area contributed by atoms with E-state index >= 15 is 0 Å². The average molecular weight is 378 g/mol. The molecular weight excluding hydrogens is 339 g/mol. The summed E-state index contributed by atoms with van der Waals surface area (Å²) in [5, 5.41) is 0. The Bertz CT molecular complexity index is 350. The van der Waals surface area contributed by atoms with E-state index in [9.17, 15) is 9.36 Å². The monoisotopic (exact) mass is 378 g/mol. The van der Waals surface area contributed by atoms with E-state index < -0.39 is 7.60 Å². The van der Waals surface area contributed by atoms with Gasteiger partial charge in [0.05, 0.1) is 26.0 Å². The zero-order valence-electron chi connectivity index (χ0n) is 16.6. The largest absolute Gasteiger partial charge is 0.466 e. The smallest absolute Gasteiger partial charge is 0.330 e. The number of hydrogen-bond donors (Lipinski definition) is 0. The van der Waals surface area contributed by atoms with Crippen LogP contribution in [-0.4, -0.2) is 32.0 Å². The molecule has 0 fully saturated rings. The minimum absolute atomic E-state index is 0.0688. The molecule has 0 aromatic carbocycles. The van der Waals surface area contributed by atoms with Gasteiger partial charge in [-0.25, -0.2) is 0 Å². The molecule has 0 saturated carbocycles. The minimum Gasteiger partial charge on any atom is -0.466 e. The summed E-state index contributed by atoms with van der Waals surface area (Å²) in [6.45, 7) is 6.90. The predicted molar refractivity (Wildman–Crippen MR) is 103 cm³/mol. The van der Waals surface area contributed by atoms with Crippen molar-refractivity contribution in [2.75, 3.05) is 26.0 Å². The number of carbonyl (C=O) groups is 1. The lowest BCUT2D eigenvalue weighted by Gasteiger charge is -2.16. The molecule has 0 aliphatic rings. The maximum Gasteiger partial charge on any atom is 0.330 e. The van der Waals surface area contributed by atoms with Gasteiger partial charge in [0, 0.05) is 6.42 Å². The molecule has 0 atom stereocenters. The van der Waals surface area contributed by atoms with E-state index in [1.807, 2.05) is 20.8 Å². The number of unbranched alkanes of at least 4 members (excludes halogenated alkanes) is 9. The normalized spacial score (nSPS) is 11.6. The summed E-state index contributed by atoms with van der Waals surface area (Å²) in [7, 11) is -2.84. The highest BCUT2D eigenvalue weighted by atomic mass is 31.2. The Morgan fingerprint density at radius 2 is 1.12 bits per heavy atom. The highest BCUT2D eigenvalue weighted by Gasteiger charge is 2.22. The Morgan fingerprint density at radius 3 is 1.56 bits per heavy atom. The molecule has 0 aromatic rings. The zero-order chi connectivity index (χ0) is 18.8. The Labute approximate surface area is 154 Å². The van der Waals surface area contributed by atoms with Gasteiger partial charge in [0.25, 0.3) is 0 Å². The summed E-state index contributed by atoms with van der Waals surface area (Å²) in [5.74, 6) is -0.0688. The fourth-order valence-corrected chi connectivity index (χ4v) is 4.51. The van der Waals surface area contributed by atoms with Crippen LogP contribution in [-0.2, 0) is 23.1 Å². The lowest BCUT2D eigenvalue weighted by molar-refractivity contribution is -0.143. The highest BCUT2D eigenvalue weighted by molar-refractivity contribution is 7.53. The lowest BCUT2D eigenvalue weighted by Crippen LogP contribution is -2.03. The molecule has 0 aliphatic carbocycles. The first-order chi connectivity index (χ1) is 12.1. The van der Waals surface area contributed by atoms with Crippen molar-refractivity contribution >= 4 is 13.6 Å². The minimum atomic E-state index is -2.84. The van der Waals surface area contributed by atoms with Crippen LogP contribution in [0.1, 0.15) is 91.4 Å². The first-order valence-electron chi connectivity index (χ1n) is 10.1. The number of hydrogen-bond acceptors (Lipinski definition) is 5. The van der Waals surface area contributed by atoms with Crippen LogP contribution in [0.3, 0.4) is 0 Å². The van der Waals surface area contributed by atoms with Crippen LogP contribution in [0, 0.1) is 0 Å². The Hall–Kier alpha value is -0.380. The van der Waals surface area contributed by atoms with Gasteiger partial charge in [-0.3, -0.25) is 9.36 Å². The van der Waals surface area contributed by atoms with Gasteiger partial charge >= 0.3 is 13.6 Å². The molecule has 0 rings (SSSR count). The Morgan fingerprint density at radius 1 is 0.680 bits per heavy atom. The van der Waals surface area contributed by atoms with E-state index in [0.29, 0.717) is 32.4 Å². The third-order valence-electron chi connectivity index (χ3n) is 4.02. The Kier molecular flexibility index (Phi) is 16.8. The van der Waals surface area contributed by atoms with E-state index in [2.05, 4.69) is 0 Å². The highest BCUT2D eigenvalue weighted by Crippen LogP contribution is 2.48. The van der Waals surface area contributed by atoms with Gasteiger partial charge in [-0.05, 0) is 33.6 Å². The summed E-state index contributed by atoms with van der Waals surface area (Å²) in [4.78, 5) is 11.2. The van der Waals surface area contributed by atoms with Gasteiger partial charge in [-0.1, -0.05) is 51.4 Å². The van der Waals surface area contributed by atoms with Crippen molar-refractivity contribution in [3.63, 3.8) is 0 Å². The third kappa shape index (κ3) is 15.6. The summed E-state index contributed by atoms with van der Waals surface area (Å²) >= 11 is 0. The van der Waals surface area contributed by atoms with Crippen LogP contribution in [0.25, 0.3) is 0 Å². The van der Waals surface area contributed by atoms with Gasteiger partial charge in [0.15, 0.2) is 0 Å². The van der Waals surface area contributed by atoms with Crippen LogP contribution in [0.15, 0.2) is 0 Å². The van der Waals surface area contributed by atoms with Crippen molar-refractivity contribution in [2.45, 2.75) is 91.4 Å². The molecule has 6 heteroatoms. The second-order valence-corrected chi connectivity index (χ2v) is 8.45. The number of ether oxygens (including phenoxy) is 1. The standard InChI is InChI=1S/C19H39O5P/c1-4-22-19(20)17-15-13-11-9-7-8-10-12-14-16-18-25(21,23-5-2)24-6-3/h4-18H2,1-3H3. The van der Waals surface area contributed by atoms with E-state index in [-0.39, 0.29) is 5.97 Å². The van der Waals surface area contributed by atoms with Crippen LogP contribution in [0.4, 0.5) is 0 Å². The van der Waals surface area contributed by atoms with Gasteiger partial charge in [0.2, 0.25) is 0 Å². The van der Waals surface area contributed by atoms with Crippen molar-refractivity contribution in [3.05, 3.63) is 0 Å². The molecule has 0 aromatic heterocycles. The number of carbonyl (C=O) groups excluding carboxylic acids is 1. The molecule has 0 N–H and O–H groups in total. The van der Waals surface area contributed by atoms with Crippen molar-refractivity contribution in [1.29, 1.82) is 0 Å². The Balaban J connectivity index is 3.38. The zero-order valence-corrected chi connectivity index (χ0v) is 17.5. The molecule has 5 nitrogen and oxygen atoms in total.